The molecule has 0 aliphatic carbocycles. The number of carbonyl (C=O) groups excluding carboxylic acids is 11. The number of aliphatic carboxylic acids is 1. The van der Waals surface area contributed by atoms with Crippen LogP contribution in [0.3, 0.4) is 0 Å². The van der Waals surface area contributed by atoms with Crippen molar-refractivity contribution < 1.29 is 81.6 Å². The van der Waals surface area contributed by atoms with Gasteiger partial charge in [-0.05, 0) is 117 Å². The SMILES string of the molecule is CC[C@H](C)[C@@H]([C@@H](CC(=O)N1CCC[C@H]1C[C@@H](C)C(=O)N[C@@H](Cc1ccccc1)c1nccs1)OC)N(C)C(=O)[C@@H](NC(=O)[C@H](C(C)C)N(C)C(=O)OCc1ccc(NC(=O)[C@H](CCCNC(N)=O)NC(=O)[C@@H](NC(=O)CCOCCOCCNC(=O)[C@H](CCC(=O)O)NC(=O)CCn2c(CN(C)NC)cc3cccnc32)C(C)C)cc1)C(C)C. The number of amides is 12. The molecule has 35 heteroatoms. The summed E-state index contributed by atoms with van der Waals surface area (Å²) in [5.41, 5.74) is 11.9. The summed E-state index contributed by atoms with van der Waals surface area (Å²) in [5, 5.41) is 37.2. The molecule has 0 saturated carbocycles. The van der Waals surface area contributed by atoms with E-state index in [0.717, 1.165) is 34.5 Å². The summed E-state index contributed by atoms with van der Waals surface area (Å²) in [7, 11) is 8.29. The minimum Gasteiger partial charge on any atom is -0.481 e. The average molecular weight is 1680 g/mol. The largest absolute Gasteiger partial charge is 0.481 e. The molecule has 0 radical (unpaired) electrons. The van der Waals surface area contributed by atoms with Crippen LogP contribution in [0.4, 0.5) is 15.3 Å². The number of nitrogens with two attached hydrogens (primary N) is 1. The lowest BCUT2D eigenvalue weighted by Crippen LogP contribution is -2.60. The van der Waals surface area contributed by atoms with Crippen molar-refractivity contribution in [2.75, 3.05) is 86.7 Å². The molecule has 5 aromatic rings. The van der Waals surface area contributed by atoms with Crippen molar-refractivity contribution in [2.45, 2.75) is 213 Å². The van der Waals surface area contributed by atoms with Crippen LogP contribution < -0.4 is 53.7 Å². The summed E-state index contributed by atoms with van der Waals surface area (Å²) >= 11 is 1.49. The van der Waals surface area contributed by atoms with Gasteiger partial charge in [0.2, 0.25) is 53.2 Å². The monoisotopic (exact) mass is 1680 g/mol. The van der Waals surface area contributed by atoms with Crippen LogP contribution in [0, 0.1) is 29.6 Å². The average Bonchev–Trinajstić information content (AvgIpc) is 1.65. The summed E-state index contributed by atoms with van der Waals surface area (Å²) in [6, 6.07) is 14.7. The highest BCUT2D eigenvalue weighted by Gasteiger charge is 2.42. The Hall–Kier alpha value is -10.2. The second-order valence-corrected chi connectivity index (χ2v) is 32.3. The fourth-order valence-electron chi connectivity index (χ4n) is 14.4. The first-order chi connectivity index (χ1) is 56.7. The lowest BCUT2D eigenvalue weighted by molar-refractivity contribution is -0.146. The number of nitrogens with zero attached hydrogens (tertiary/aromatic N) is 7. The zero-order chi connectivity index (χ0) is 87.4. The van der Waals surface area contributed by atoms with E-state index in [4.69, 9.17) is 24.7 Å². The normalized spacial score (nSPS) is 15.3. The van der Waals surface area contributed by atoms with Gasteiger partial charge in [0.25, 0.3) is 0 Å². The second kappa shape index (κ2) is 50.0. The van der Waals surface area contributed by atoms with E-state index < -0.39 is 125 Å². The number of carboxylic acids is 1. The van der Waals surface area contributed by atoms with Gasteiger partial charge in [0.1, 0.15) is 47.5 Å². The molecule has 4 heterocycles. The smallest absolute Gasteiger partial charge is 0.410 e. The number of urea groups is 1. The maximum Gasteiger partial charge on any atom is 0.410 e. The molecule has 1 saturated heterocycles. The first-order valence-electron chi connectivity index (χ1n) is 41.1. The number of nitrogens with one attached hydrogen (secondary N) is 9. The zero-order valence-corrected chi connectivity index (χ0v) is 72.2. The van der Waals surface area contributed by atoms with Gasteiger partial charge in [0.05, 0.1) is 57.6 Å². The first-order valence-corrected chi connectivity index (χ1v) is 41.9. The standard InChI is InChI=1S/C84H127N17O17S/c1-15-55(8)74(66(115-14)49-69(104)100-39-21-25-61(100)46-56(9)76(107)94-65(81-89-38-45-119-81)47-57-22-17-16-18-23-57)98(12)82(112)72(53(4)5)96-80(111)73(54(6)7)99(13)84(114)118-51-58-27-29-60(30-28-58)91-78(109)63(26-20-36-90-83(85)113)93-79(110)71(52(2)3)95-68(103)34-41-116-43-44-117-42-37-88-77(108)64(31-32-70(105)106)92-67(102)33-40-101-62(50-97(11)86-10)48-59-24-19-35-87-75(59)101/h16-19,22-24,27-30,35,38,45,48,52-56,61,63-66,71-74,86H,15,20-21,25-26,31-34,36-37,39-44,46-47,49-51H2,1-14H3,(H,88,108)(H,91,109)(H,92,102)(H,93,110)(H,94,107)(H,95,103)(H,96,111)(H,105,106)(H3,85,90,113)/t55-,56+,61-,63-,64-,65-,66+,71-,72-,73-,74-/m0/s1. The highest BCUT2D eigenvalue weighted by Crippen LogP contribution is 2.31. The molecule has 0 bridgehead atoms. The number of fused-ring (bicyclic) bond motifs is 1. The predicted octanol–water partition coefficient (Wildman–Crippen LogP) is 6.18. The Bertz CT molecular complexity index is 4080. The number of anilines is 1. The molecular weight excluding hydrogens is 1550 g/mol. The topological polar surface area (TPSA) is 440 Å². The molecule has 1 aliphatic heterocycles. The van der Waals surface area contributed by atoms with Crippen LogP contribution >= 0.6 is 11.3 Å². The zero-order valence-electron chi connectivity index (χ0n) is 71.4. The number of benzene rings is 2. The van der Waals surface area contributed by atoms with Crippen molar-refractivity contribution in [3.63, 3.8) is 0 Å². The molecule has 0 spiro atoms. The number of likely N-dealkylation sites (N-methyl/N-ethyl adjacent to an activating group) is 2. The summed E-state index contributed by atoms with van der Waals surface area (Å²) in [4.78, 5) is 176. The van der Waals surface area contributed by atoms with Gasteiger partial charge < -0.3 is 86.7 Å². The Morgan fingerprint density at radius 1 is 0.681 bits per heavy atom. The molecule has 119 heavy (non-hydrogen) atoms. The third kappa shape index (κ3) is 31.5. The number of likely N-dealkylation sites (tertiary alicyclic amines) is 1. The lowest BCUT2D eigenvalue weighted by Gasteiger charge is -2.40. The molecule has 12 N–H and O–H groups in total. The number of hydrogen-bond donors (Lipinski definition) is 11. The van der Waals surface area contributed by atoms with Crippen LogP contribution in [0.1, 0.15) is 161 Å². The Morgan fingerprint density at radius 3 is 2.01 bits per heavy atom. The van der Waals surface area contributed by atoms with Crippen LogP contribution in [-0.2, 0) is 93.0 Å². The van der Waals surface area contributed by atoms with Crippen LogP contribution in [0.5, 0.6) is 0 Å². The third-order valence-electron chi connectivity index (χ3n) is 21.3. The van der Waals surface area contributed by atoms with E-state index in [0.29, 0.717) is 49.2 Å². The minimum atomic E-state index is -1.16. The van der Waals surface area contributed by atoms with Crippen molar-refractivity contribution >= 4 is 99.3 Å². The van der Waals surface area contributed by atoms with Gasteiger partial charge in [-0.1, -0.05) is 111 Å². The van der Waals surface area contributed by atoms with Gasteiger partial charge in [-0.15, -0.1) is 11.3 Å². The first kappa shape index (κ1) is 97.6. The predicted molar refractivity (Wildman–Crippen MR) is 450 cm³/mol. The van der Waals surface area contributed by atoms with Gasteiger partial charge in [-0.3, -0.25) is 58.3 Å². The van der Waals surface area contributed by atoms with Crippen LogP contribution in [0.25, 0.3) is 11.0 Å². The second-order valence-electron chi connectivity index (χ2n) is 31.4. The number of carboxylic acid groups (broad SMARTS) is 1. The molecular formula is C84H127N17O17S. The Morgan fingerprint density at radius 2 is 1.37 bits per heavy atom. The minimum absolute atomic E-state index is 0.00301. The van der Waals surface area contributed by atoms with E-state index in [-0.39, 0.29) is 127 Å². The molecule has 11 atom stereocenters. The van der Waals surface area contributed by atoms with Gasteiger partial charge in [0, 0.05) is 120 Å². The number of primary amides is 1. The van der Waals surface area contributed by atoms with Crippen molar-refractivity contribution in [3.8, 4) is 0 Å². The van der Waals surface area contributed by atoms with Gasteiger partial charge >= 0.3 is 18.1 Å². The van der Waals surface area contributed by atoms with Crippen LogP contribution in [-0.4, -0.2) is 240 Å². The summed E-state index contributed by atoms with van der Waals surface area (Å²) in [6.07, 6.45) is 4.62. The maximum atomic E-state index is 14.9. The van der Waals surface area contributed by atoms with Gasteiger partial charge in [0.15, 0.2) is 0 Å². The fourth-order valence-corrected chi connectivity index (χ4v) is 15.1. The Kier molecular flexibility index (Phi) is 41.0. The van der Waals surface area contributed by atoms with E-state index in [1.54, 1.807) is 83.3 Å². The van der Waals surface area contributed by atoms with E-state index >= 15 is 0 Å². The van der Waals surface area contributed by atoms with Crippen molar-refractivity contribution in [2.24, 2.45) is 35.3 Å². The quantitative estimate of drug-likeness (QED) is 0.0153. The number of ether oxygens (including phenoxy) is 4. The van der Waals surface area contributed by atoms with E-state index in [2.05, 4.69) is 57.9 Å². The van der Waals surface area contributed by atoms with E-state index in [1.807, 2.05) is 110 Å². The van der Waals surface area contributed by atoms with Gasteiger partial charge in [-0.25, -0.2) is 24.6 Å². The van der Waals surface area contributed by atoms with E-state index in [1.165, 1.54) is 30.4 Å². The van der Waals surface area contributed by atoms with E-state index in [9.17, 15) is 62.6 Å². The summed E-state index contributed by atoms with van der Waals surface area (Å²) < 4.78 is 25.0. The number of aromatic nitrogens is 3. The number of aryl methyl sites for hydroxylation is 1. The number of hydrogen-bond acceptors (Lipinski definition) is 21. The van der Waals surface area contributed by atoms with Crippen molar-refractivity contribution in [1.82, 2.24) is 76.9 Å². The maximum absolute atomic E-state index is 14.9. The molecule has 12 amide bonds. The molecule has 1 fully saturated rings. The summed E-state index contributed by atoms with van der Waals surface area (Å²) in [6.45, 7) is 17.8. The number of methoxy groups -OCH3 is 1. The Balaban J connectivity index is 0.951. The third-order valence-corrected chi connectivity index (χ3v) is 22.2. The number of rotatable bonds is 52. The van der Waals surface area contributed by atoms with Crippen molar-refractivity contribution in [1.29, 1.82) is 0 Å². The Labute approximate surface area is 702 Å². The number of carbonyl (C=O) groups is 12. The highest BCUT2D eigenvalue weighted by atomic mass is 32.1. The molecule has 0 unspecified atom stereocenters. The van der Waals surface area contributed by atoms with Crippen molar-refractivity contribution in [3.05, 3.63) is 112 Å². The number of pyridine rings is 1. The molecule has 3 aromatic heterocycles. The molecule has 1 aliphatic rings. The lowest BCUT2D eigenvalue weighted by atomic mass is 9.89. The molecule has 2 aromatic carbocycles. The van der Waals surface area contributed by atoms with Crippen LogP contribution in [0.2, 0.25) is 0 Å². The fraction of sp³-hybridized carbons (Fsp3) is 0.595. The number of hydrazine groups is 1. The highest BCUT2D eigenvalue weighted by molar-refractivity contribution is 7.09. The number of thiazole rings is 1. The van der Waals surface area contributed by atoms with Gasteiger partial charge in [-0.2, -0.15) is 0 Å². The molecule has 656 valence electrons. The molecule has 6 rings (SSSR count). The van der Waals surface area contributed by atoms with Crippen LogP contribution in [0.15, 0.2) is 90.6 Å². The summed E-state index contributed by atoms with van der Waals surface area (Å²) in [5.74, 6) is -7.08. The molecule has 34 nitrogen and oxygen atoms in total.